The molecule has 0 aliphatic carbocycles. The number of nitrogens with zero attached hydrogens (tertiary/aromatic N) is 1. The quantitative estimate of drug-likeness (QED) is 0.504. The van der Waals surface area contributed by atoms with Gasteiger partial charge in [0, 0.05) is 5.38 Å². The van der Waals surface area contributed by atoms with Gasteiger partial charge in [-0.15, -0.1) is 24.0 Å². The lowest BCUT2D eigenvalue weighted by molar-refractivity contribution is -0.116. The van der Waals surface area contributed by atoms with Crippen molar-refractivity contribution in [1.29, 1.82) is 0 Å². The van der Waals surface area contributed by atoms with Crippen molar-refractivity contribution in [3.05, 3.63) is 11.1 Å². The SMILES string of the molecule is CONC(C(=O)S)c1csc(N)n1. The number of nitrogen functional groups attached to an aromatic ring is 1. The Hall–Kier alpha value is -0.630. The fourth-order valence-electron chi connectivity index (χ4n) is 0.788. The third-order valence-electron chi connectivity index (χ3n) is 1.32. The minimum atomic E-state index is -0.665. The molecule has 1 heterocycles. The Bertz CT molecular complexity index is 302. The normalized spacial score (nSPS) is 12.8. The zero-order chi connectivity index (χ0) is 9.84. The van der Waals surface area contributed by atoms with E-state index in [9.17, 15) is 4.79 Å². The predicted octanol–water partition coefficient (Wildman–Crippen LogP) is 0.374. The molecule has 0 amide bonds. The number of anilines is 1. The molecule has 1 unspecified atom stereocenters. The van der Waals surface area contributed by atoms with E-state index in [1.54, 1.807) is 5.38 Å². The van der Waals surface area contributed by atoms with Gasteiger partial charge in [0.25, 0.3) is 0 Å². The summed E-state index contributed by atoms with van der Waals surface area (Å²) in [7, 11) is 1.42. The number of aromatic nitrogens is 1. The van der Waals surface area contributed by atoms with Crippen molar-refractivity contribution in [3.8, 4) is 0 Å². The zero-order valence-electron chi connectivity index (χ0n) is 6.85. The maximum Gasteiger partial charge on any atom is 0.211 e. The fourth-order valence-corrected chi connectivity index (χ4v) is 1.56. The smallest absolute Gasteiger partial charge is 0.211 e. The van der Waals surface area contributed by atoms with Crippen LogP contribution in [-0.2, 0) is 9.63 Å². The number of thiazole rings is 1. The number of thiol groups is 1. The van der Waals surface area contributed by atoms with Crippen molar-refractivity contribution in [2.75, 3.05) is 12.8 Å². The second-order valence-electron chi connectivity index (χ2n) is 2.20. The van der Waals surface area contributed by atoms with Crippen LogP contribution >= 0.6 is 24.0 Å². The molecule has 0 aliphatic rings. The highest BCUT2D eigenvalue weighted by Crippen LogP contribution is 2.19. The van der Waals surface area contributed by atoms with Gasteiger partial charge in [-0.05, 0) is 0 Å². The molecule has 1 aromatic heterocycles. The van der Waals surface area contributed by atoms with Gasteiger partial charge in [-0.25, -0.2) is 4.98 Å². The van der Waals surface area contributed by atoms with Gasteiger partial charge >= 0.3 is 0 Å². The number of hydrogen-bond donors (Lipinski definition) is 3. The average Bonchev–Trinajstić information content (AvgIpc) is 2.46. The fraction of sp³-hybridized carbons (Fsp3) is 0.333. The topological polar surface area (TPSA) is 77.2 Å². The third kappa shape index (κ3) is 2.66. The molecule has 1 atom stereocenters. The van der Waals surface area contributed by atoms with Crippen LogP contribution in [0.2, 0.25) is 0 Å². The van der Waals surface area contributed by atoms with E-state index in [0.29, 0.717) is 10.8 Å². The standard InChI is InChI=1S/C6H9N3O2S2/c1-11-9-4(5(10)12)3-2-13-6(7)8-3/h2,4,9H,1H3,(H2,7,8)(H,10,12). The molecular weight excluding hydrogens is 210 g/mol. The van der Waals surface area contributed by atoms with Crippen LogP contribution < -0.4 is 11.2 Å². The molecular formula is C6H9N3O2S2. The van der Waals surface area contributed by atoms with Crippen LogP contribution in [0.15, 0.2) is 5.38 Å². The van der Waals surface area contributed by atoms with E-state index in [0.717, 1.165) is 0 Å². The predicted molar refractivity (Wildman–Crippen MR) is 53.4 cm³/mol. The Morgan fingerprint density at radius 1 is 1.92 bits per heavy atom. The van der Waals surface area contributed by atoms with Crippen molar-refractivity contribution in [2.24, 2.45) is 0 Å². The highest BCUT2D eigenvalue weighted by atomic mass is 32.1. The number of carbonyl (C=O) groups excluding carboxylic acids is 1. The molecule has 0 aromatic carbocycles. The van der Waals surface area contributed by atoms with Gasteiger partial charge in [0.2, 0.25) is 5.12 Å². The summed E-state index contributed by atoms with van der Waals surface area (Å²) in [5.74, 6) is 0. The molecule has 7 heteroatoms. The summed E-state index contributed by atoms with van der Waals surface area (Å²) in [6, 6.07) is -0.665. The molecule has 3 N–H and O–H groups in total. The molecule has 0 aliphatic heterocycles. The van der Waals surface area contributed by atoms with E-state index >= 15 is 0 Å². The maximum atomic E-state index is 11.0. The van der Waals surface area contributed by atoms with Gasteiger partial charge in [0.05, 0.1) is 12.8 Å². The van der Waals surface area contributed by atoms with Crippen molar-refractivity contribution >= 4 is 34.2 Å². The number of nitrogens with one attached hydrogen (secondary N) is 1. The summed E-state index contributed by atoms with van der Waals surface area (Å²) in [5.41, 5.74) is 8.41. The molecule has 72 valence electrons. The molecule has 0 saturated carbocycles. The van der Waals surface area contributed by atoms with Crippen molar-refractivity contribution in [2.45, 2.75) is 6.04 Å². The van der Waals surface area contributed by atoms with Crippen molar-refractivity contribution in [3.63, 3.8) is 0 Å². The van der Waals surface area contributed by atoms with E-state index in [1.807, 2.05) is 0 Å². The van der Waals surface area contributed by atoms with Crippen molar-refractivity contribution < 1.29 is 9.63 Å². The van der Waals surface area contributed by atoms with Crippen LogP contribution in [0.1, 0.15) is 11.7 Å². The van der Waals surface area contributed by atoms with E-state index in [-0.39, 0.29) is 5.12 Å². The summed E-state index contributed by atoms with van der Waals surface area (Å²) < 4.78 is 0. The lowest BCUT2D eigenvalue weighted by Crippen LogP contribution is -2.25. The summed E-state index contributed by atoms with van der Waals surface area (Å²) >= 11 is 4.95. The average molecular weight is 219 g/mol. The third-order valence-corrected chi connectivity index (χ3v) is 2.27. The molecule has 0 fully saturated rings. The van der Waals surface area contributed by atoms with Crippen LogP contribution in [0.25, 0.3) is 0 Å². The molecule has 1 aromatic rings. The molecule has 0 bridgehead atoms. The van der Waals surface area contributed by atoms with Crippen LogP contribution in [0.3, 0.4) is 0 Å². The first-order chi connectivity index (χ1) is 6.15. The zero-order valence-corrected chi connectivity index (χ0v) is 8.56. The molecule has 0 spiro atoms. The van der Waals surface area contributed by atoms with Gasteiger partial charge < -0.3 is 10.6 Å². The summed E-state index contributed by atoms with van der Waals surface area (Å²) in [5, 5.41) is 1.72. The Labute approximate surface area is 84.7 Å². The summed E-state index contributed by atoms with van der Waals surface area (Å²) in [6.45, 7) is 0. The Balaban J connectivity index is 2.81. The molecule has 0 radical (unpaired) electrons. The van der Waals surface area contributed by atoms with Crippen LogP contribution in [0.5, 0.6) is 0 Å². The highest BCUT2D eigenvalue weighted by Gasteiger charge is 2.19. The van der Waals surface area contributed by atoms with Gasteiger partial charge in [-0.2, -0.15) is 5.48 Å². The number of hydrogen-bond acceptors (Lipinski definition) is 6. The largest absolute Gasteiger partial charge is 0.375 e. The van der Waals surface area contributed by atoms with E-state index < -0.39 is 6.04 Å². The Morgan fingerprint density at radius 3 is 3.00 bits per heavy atom. The molecule has 5 nitrogen and oxygen atoms in total. The highest BCUT2D eigenvalue weighted by molar-refractivity contribution is 7.96. The Morgan fingerprint density at radius 2 is 2.62 bits per heavy atom. The van der Waals surface area contributed by atoms with Gasteiger partial charge in [-0.3, -0.25) is 4.79 Å². The van der Waals surface area contributed by atoms with Crippen LogP contribution in [-0.4, -0.2) is 17.2 Å². The van der Waals surface area contributed by atoms with E-state index in [2.05, 4.69) is 27.9 Å². The molecule has 0 saturated heterocycles. The van der Waals surface area contributed by atoms with Gasteiger partial charge in [-0.1, -0.05) is 0 Å². The first-order valence-electron chi connectivity index (χ1n) is 3.37. The number of nitrogens with two attached hydrogens (primary N) is 1. The summed E-state index contributed by atoms with van der Waals surface area (Å²) in [6.07, 6.45) is 0. The first kappa shape index (κ1) is 10.5. The lowest BCUT2D eigenvalue weighted by atomic mass is 10.3. The van der Waals surface area contributed by atoms with E-state index in [1.165, 1.54) is 18.4 Å². The number of hydroxylamine groups is 1. The first-order valence-corrected chi connectivity index (χ1v) is 4.70. The van der Waals surface area contributed by atoms with Gasteiger partial charge in [0.1, 0.15) is 6.04 Å². The monoisotopic (exact) mass is 219 g/mol. The number of rotatable bonds is 4. The second-order valence-corrected chi connectivity index (χ2v) is 3.53. The minimum absolute atomic E-state index is 0.368. The maximum absolute atomic E-state index is 11.0. The minimum Gasteiger partial charge on any atom is -0.375 e. The number of carbonyl (C=O) groups is 1. The van der Waals surface area contributed by atoms with Crippen LogP contribution in [0, 0.1) is 0 Å². The van der Waals surface area contributed by atoms with Gasteiger partial charge in [0.15, 0.2) is 5.13 Å². The Kier molecular flexibility index (Phi) is 3.67. The lowest BCUT2D eigenvalue weighted by Gasteiger charge is -2.09. The van der Waals surface area contributed by atoms with Crippen LogP contribution in [0.4, 0.5) is 5.13 Å². The summed E-state index contributed by atoms with van der Waals surface area (Å²) in [4.78, 5) is 19.6. The molecule has 13 heavy (non-hydrogen) atoms. The second kappa shape index (κ2) is 4.56. The van der Waals surface area contributed by atoms with E-state index in [4.69, 9.17) is 5.73 Å². The van der Waals surface area contributed by atoms with Crippen molar-refractivity contribution in [1.82, 2.24) is 10.5 Å². The molecule has 1 rings (SSSR count).